The molecule has 22 heavy (non-hydrogen) atoms. The van der Waals surface area contributed by atoms with E-state index in [4.69, 9.17) is 0 Å². The third-order valence-electron chi connectivity index (χ3n) is 4.28. The number of rotatable bonds is 2. The quantitative estimate of drug-likeness (QED) is 0.719. The summed E-state index contributed by atoms with van der Waals surface area (Å²) in [5.74, 6) is 0. The predicted octanol–water partition coefficient (Wildman–Crippen LogP) is 4.91. The summed E-state index contributed by atoms with van der Waals surface area (Å²) < 4.78 is 0. The molecule has 0 aliphatic carbocycles. The highest BCUT2D eigenvalue weighted by molar-refractivity contribution is 5.82. The van der Waals surface area contributed by atoms with E-state index in [9.17, 15) is 0 Å². The van der Waals surface area contributed by atoms with Crippen LogP contribution in [0.15, 0.2) is 78.9 Å². The third kappa shape index (κ3) is 2.13. The van der Waals surface area contributed by atoms with E-state index in [1.54, 1.807) is 0 Å². The minimum Gasteiger partial charge on any atom is -0.360 e. The van der Waals surface area contributed by atoms with Crippen LogP contribution < -0.4 is 10.2 Å². The highest BCUT2D eigenvalue weighted by atomic mass is 15.3. The van der Waals surface area contributed by atoms with Crippen molar-refractivity contribution in [2.24, 2.45) is 0 Å². The van der Waals surface area contributed by atoms with Crippen molar-refractivity contribution in [3.05, 3.63) is 84.4 Å². The van der Waals surface area contributed by atoms with Gasteiger partial charge >= 0.3 is 0 Å². The van der Waals surface area contributed by atoms with E-state index in [0.29, 0.717) is 0 Å². The van der Waals surface area contributed by atoms with Crippen molar-refractivity contribution in [2.75, 3.05) is 17.3 Å². The van der Waals surface area contributed by atoms with Crippen molar-refractivity contribution in [1.29, 1.82) is 0 Å². The summed E-state index contributed by atoms with van der Waals surface area (Å²) in [7, 11) is 2.14. The van der Waals surface area contributed by atoms with Crippen LogP contribution in [-0.2, 0) is 0 Å². The third-order valence-corrected chi connectivity index (χ3v) is 4.28. The van der Waals surface area contributed by atoms with Crippen LogP contribution >= 0.6 is 0 Å². The van der Waals surface area contributed by atoms with Gasteiger partial charge in [0.05, 0.1) is 11.4 Å². The van der Waals surface area contributed by atoms with Crippen LogP contribution in [0.3, 0.4) is 0 Å². The Bertz CT molecular complexity index is 781. The number of fused-ring (bicyclic) bond motifs is 1. The SMILES string of the molecule is CN1c2cc(-c3ccccc3)ccc2NC1c1ccccc1. The van der Waals surface area contributed by atoms with Crippen molar-refractivity contribution in [3.63, 3.8) is 0 Å². The average Bonchev–Trinajstić information content (AvgIpc) is 2.93. The van der Waals surface area contributed by atoms with Crippen LogP contribution in [0, 0.1) is 0 Å². The Hall–Kier alpha value is -2.74. The number of hydrogen-bond donors (Lipinski definition) is 1. The molecular weight excluding hydrogens is 268 g/mol. The van der Waals surface area contributed by atoms with E-state index < -0.39 is 0 Å². The van der Waals surface area contributed by atoms with E-state index in [0.717, 1.165) is 0 Å². The van der Waals surface area contributed by atoms with Crippen molar-refractivity contribution in [1.82, 2.24) is 0 Å². The first kappa shape index (κ1) is 13.0. The first-order valence-electron chi connectivity index (χ1n) is 7.57. The lowest BCUT2D eigenvalue weighted by Gasteiger charge is -2.22. The van der Waals surface area contributed by atoms with Gasteiger partial charge in [-0.2, -0.15) is 0 Å². The zero-order valence-electron chi connectivity index (χ0n) is 12.5. The van der Waals surface area contributed by atoms with E-state index in [1.807, 2.05) is 0 Å². The topological polar surface area (TPSA) is 15.3 Å². The molecule has 1 aliphatic rings. The summed E-state index contributed by atoms with van der Waals surface area (Å²) >= 11 is 0. The minimum atomic E-state index is 0.197. The lowest BCUT2D eigenvalue weighted by Crippen LogP contribution is -2.23. The summed E-state index contributed by atoms with van der Waals surface area (Å²) in [4.78, 5) is 2.30. The van der Waals surface area contributed by atoms with Gasteiger partial charge in [0.2, 0.25) is 0 Å². The molecule has 0 radical (unpaired) electrons. The number of hydrogen-bond acceptors (Lipinski definition) is 2. The van der Waals surface area contributed by atoms with Gasteiger partial charge in [-0.05, 0) is 28.8 Å². The summed E-state index contributed by atoms with van der Waals surface area (Å²) in [6.45, 7) is 0. The Morgan fingerprint density at radius 3 is 2.18 bits per heavy atom. The fourth-order valence-electron chi connectivity index (χ4n) is 3.08. The monoisotopic (exact) mass is 286 g/mol. The second kappa shape index (κ2) is 5.23. The molecule has 0 aromatic heterocycles. The zero-order valence-corrected chi connectivity index (χ0v) is 12.5. The Labute approximate surface area is 131 Å². The molecular formula is C20H18N2. The number of benzene rings is 3. The van der Waals surface area contributed by atoms with Gasteiger partial charge < -0.3 is 10.2 Å². The molecule has 1 unspecified atom stereocenters. The van der Waals surface area contributed by atoms with Crippen LogP contribution in [0.5, 0.6) is 0 Å². The molecule has 2 heteroatoms. The van der Waals surface area contributed by atoms with Crippen LogP contribution in [0.25, 0.3) is 11.1 Å². The highest BCUT2D eigenvalue weighted by Gasteiger charge is 2.26. The van der Waals surface area contributed by atoms with Crippen molar-refractivity contribution in [3.8, 4) is 11.1 Å². The predicted molar refractivity (Wildman–Crippen MR) is 93.1 cm³/mol. The molecule has 0 saturated carbocycles. The van der Waals surface area contributed by atoms with E-state index >= 15 is 0 Å². The average molecular weight is 286 g/mol. The standard InChI is InChI=1S/C20H18N2/c1-22-19-14-17(15-8-4-2-5-9-15)12-13-18(19)21-20(22)16-10-6-3-7-11-16/h2-14,20-21H,1H3. The molecule has 1 atom stereocenters. The van der Waals surface area contributed by atoms with Gasteiger partial charge in [0.1, 0.15) is 6.17 Å². The van der Waals surface area contributed by atoms with Crippen molar-refractivity contribution >= 4 is 11.4 Å². The normalized spacial score (nSPS) is 16.2. The fourth-order valence-corrected chi connectivity index (χ4v) is 3.08. The first-order chi connectivity index (χ1) is 10.8. The van der Waals surface area contributed by atoms with Gasteiger partial charge in [0.15, 0.2) is 0 Å². The molecule has 0 saturated heterocycles. The van der Waals surface area contributed by atoms with E-state index in [1.165, 1.54) is 28.1 Å². The summed E-state index contributed by atoms with van der Waals surface area (Å²) in [6.07, 6.45) is 0.197. The fraction of sp³-hybridized carbons (Fsp3) is 0.100. The number of nitrogens with zero attached hydrogens (tertiary/aromatic N) is 1. The van der Waals surface area contributed by atoms with Gasteiger partial charge in [-0.1, -0.05) is 66.7 Å². The Morgan fingerprint density at radius 2 is 1.45 bits per heavy atom. The molecule has 4 rings (SSSR count). The van der Waals surface area contributed by atoms with Gasteiger partial charge in [-0.15, -0.1) is 0 Å². The smallest absolute Gasteiger partial charge is 0.125 e. The summed E-state index contributed by atoms with van der Waals surface area (Å²) in [6, 6.07) is 27.7. The van der Waals surface area contributed by atoms with Crippen LogP contribution in [0.2, 0.25) is 0 Å². The second-order valence-corrected chi connectivity index (χ2v) is 5.67. The zero-order chi connectivity index (χ0) is 14.9. The number of nitrogens with one attached hydrogen (secondary N) is 1. The largest absolute Gasteiger partial charge is 0.360 e. The first-order valence-corrected chi connectivity index (χ1v) is 7.57. The second-order valence-electron chi connectivity index (χ2n) is 5.67. The molecule has 0 spiro atoms. The number of anilines is 2. The van der Waals surface area contributed by atoms with Crippen LogP contribution in [0.1, 0.15) is 11.7 Å². The molecule has 1 aliphatic heterocycles. The lowest BCUT2D eigenvalue weighted by molar-refractivity contribution is 0.792. The van der Waals surface area contributed by atoms with Crippen molar-refractivity contribution < 1.29 is 0 Å². The maximum Gasteiger partial charge on any atom is 0.125 e. The van der Waals surface area contributed by atoms with E-state index in [2.05, 4.69) is 96.1 Å². The summed E-state index contributed by atoms with van der Waals surface area (Å²) in [5.41, 5.74) is 6.22. The Kier molecular flexibility index (Phi) is 3.08. The molecule has 3 aromatic carbocycles. The van der Waals surface area contributed by atoms with Gasteiger partial charge in [-0.3, -0.25) is 0 Å². The maximum atomic E-state index is 3.61. The minimum absolute atomic E-state index is 0.197. The van der Waals surface area contributed by atoms with Crippen LogP contribution in [0.4, 0.5) is 11.4 Å². The van der Waals surface area contributed by atoms with E-state index in [-0.39, 0.29) is 6.17 Å². The Balaban J connectivity index is 1.71. The van der Waals surface area contributed by atoms with Gasteiger partial charge in [0.25, 0.3) is 0 Å². The molecule has 0 bridgehead atoms. The van der Waals surface area contributed by atoms with Gasteiger partial charge in [-0.25, -0.2) is 0 Å². The highest BCUT2D eigenvalue weighted by Crippen LogP contribution is 2.41. The maximum absolute atomic E-state index is 3.61. The molecule has 2 nitrogen and oxygen atoms in total. The molecule has 108 valence electrons. The van der Waals surface area contributed by atoms with Crippen molar-refractivity contribution in [2.45, 2.75) is 6.17 Å². The molecule has 1 N–H and O–H groups in total. The van der Waals surface area contributed by atoms with Crippen LogP contribution in [-0.4, -0.2) is 7.05 Å². The Morgan fingerprint density at radius 1 is 0.773 bits per heavy atom. The molecule has 0 amide bonds. The molecule has 0 fully saturated rings. The van der Waals surface area contributed by atoms with Gasteiger partial charge in [0, 0.05) is 7.05 Å². The molecule has 3 aromatic rings. The lowest BCUT2D eigenvalue weighted by atomic mass is 10.0. The molecule has 1 heterocycles. The summed E-state index contributed by atoms with van der Waals surface area (Å²) in [5, 5.41) is 3.61.